The zero-order chi connectivity index (χ0) is 12.4. The largest absolute Gasteiger partial charge is 0.310 e. The van der Waals surface area contributed by atoms with Crippen molar-refractivity contribution < 1.29 is 0 Å². The summed E-state index contributed by atoms with van der Waals surface area (Å²) in [5.41, 5.74) is 1.53. The quantitative estimate of drug-likeness (QED) is 0.837. The molecule has 2 heteroatoms. The van der Waals surface area contributed by atoms with Gasteiger partial charge in [0.15, 0.2) is 0 Å². The maximum absolute atomic E-state index is 3.53. The van der Waals surface area contributed by atoms with Crippen LogP contribution in [0.1, 0.15) is 44.1 Å². The summed E-state index contributed by atoms with van der Waals surface area (Å²) >= 11 is 1.93. The number of hydrogen-bond acceptors (Lipinski definition) is 2. The van der Waals surface area contributed by atoms with Crippen LogP contribution < -0.4 is 5.32 Å². The highest BCUT2D eigenvalue weighted by Gasteiger charge is 2.14. The van der Waals surface area contributed by atoms with Crippen molar-refractivity contribution in [3.8, 4) is 0 Å². The van der Waals surface area contributed by atoms with Gasteiger partial charge in [-0.3, -0.25) is 0 Å². The van der Waals surface area contributed by atoms with Crippen LogP contribution in [0.2, 0.25) is 0 Å². The highest BCUT2D eigenvalue weighted by atomic mass is 32.1. The number of rotatable bonds is 4. The predicted octanol–water partition coefficient (Wildman–Crippen LogP) is 4.52. The molecule has 0 fully saturated rings. The summed E-state index contributed by atoms with van der Waals surface area (Å²) < 4.78 is 1.41. The van der Waals surface area contributed by atoms with Gasteiger partial charge in [-0.1, -0.05) is 45.9 Å². The number of fused-ring (bicyclic) bond motifs is 1. The molecule has 0 bridgehead atoms. The SMILES string of the molecule is CC(C)NCc1sc2ccccc2c1C(C)C. The number of hydrogen-bond donors (Lipinski definition) is 1. The van der Waals surface area contributed by atoms with E-state index >= 15 is 0 Å². The molecule has 0 saturated carbocycles. The first-order chi connectivity index (χ1) is 8.09. The van der Waals surface area contributed by atoms with Gasteiger partial charge in [0.1, 0.15) is 0 Å². The first-order valence-electron chi connectivity index (χ1n) is 6.33. The molecule has 1 aromatic heterocycles. The molecule has 2 aromatic rings. The topological polar surface area (TPSA) is 12.0 Å². The molecule has 1 heterocycles. The van der Waals surface area contributed by atoms with Crippen LogP contribution in [-0.2, 0) is 6.54 Å². The summed E-state index contributed by atoms with van der Waals surface area (Å²) in [6.07, 6.45) is 0. The van der Waals surface area contributed by atoms with Crippen molar-refractivity contribution in [2.75, 3.05) is 0 Å². The van der Waals surface area contributed by atoms with Crippen LogP contribution in [0.4, 0.5) is 0 Å². The molecule has 0 saturated heterocycles. The van der Waals surface area contributed by atoms with Gasteiger partial charge in [-0.25, -0.2) is 0 Å². The van der Waals surface area contributed by atoms with Crippen molar-refractivity contribution in [3.05, 3.63) is 34.7 Å². The minimum Gasteiger partial charge on any atom is -0.310 e. The number of thiophene rings is 1. The zero-order valence-corrected chi connectivity index (χ0v) is 11.9. The lowest BCUT2D eigenvalue weighted by Crippen LogP contribution is -2.21. The summed E-state index contributed by atoms with van der Waals surface area (Å²) in [5.74, 6) is 0.593. The maximum Gasteiger partial charge on any atom is 0.0349 e. The van der Waals surface area contributed by atoms with Gasteiger partial charge in [-0.2, -0.15) is 0 Å². The molecule has 0 spiro atoms. The Kier molecular flexibility index (Phi) is 3.85. The fourth-order valence-corrected chi connectivity index (χ4v) is 3.49. The van der Waals surface area contributed by atoms with Gasteiger partial charge in [0.2, 0.25) is 0 Å². The Bertz CT molecular complexity index is 497. The Hall–Kier alpha value is -0.860. The van der Waals surface area contributed by atoms with E-state index in [-0.39, 0.29) is 0 Å². The fourth-order valence-electron chi connectivity index (χ4n) is 2.18. The third-order valence-electron chi connectivity index (χ3n) is 2.96. The summed E-state index contributed by atoms with van der Waals surface area (Å²) in [5, 5.41) is 4.97. The molecular weight excluding hydrogens is 226 g/mol. The monoisotopic (exact) mass is 247 g/mol. The molecule has 17 heavy (non-hydrogen) atoms. The Labute approximate surface area is 108 Å². The molecule has 0 aliphatic rings. The molecule has 0 radical (unpaired) electrons. The average molecular weight is 247 g/mol. The number of benzene rings is 1. The van der Waals surface area contributed by atoms with Gasteiger partial charge in [0, 0.05) is 22.2 Å². The van der Waals surface area contributed by atoms with E-state index < -0.39 is 0 Å². The third kappa shape index (κ3) is 2.70. The first kappa shape index (κ1) is 12.6. The Balaban J connectivity index is 2.43. The van der Waals surface area contributed by atoms with Crippen molar-refractivity contribution >= 4 is 21.4 Å². The molecule has 0 aliphatic heterocycles. The van der Waals surface area contributed by atoms with Crippen LogP contribution in [0.3, 0.4) is 0 Å². The van der Waals surface area contributed by atoms with Gasteiger partial charge in [-0.05, 0) is 22.9 Å². The van der Waals surface area contributed by atoms with E-state index in [4.69, 9.17) is 0 Å². The van der Waals surface area contributed by atoms with Crippen molar-refractivity contribution in [1.29, 1.82) is 0 Å². The van der Waals surface area contributed by atoms with E-state index in [0.717, 1.165) is 6.54 Å². The van der Waals surface area contributed by atoms with E-state index in [9.17, 15) is 0 Å². The predicted molar refractivity (Wildman–Crippen MR) is 77.9 cm³/mol. The lowest BCUT2D eigenvalue weighted by atomic mass is 9.99. The third-order valence-corrected chi connectivity index (χ3v) is 4.15. The smallest absolute Gasteiger partial charge is 0.0349 e. The molecule has 0 atom stereocenters. The van der Waals surface area contributed by atoms with Gasteiger partial charge in [0.25, 0.3) is 0 Å². The van der Waals surface area contributed by atoms with E-state index in [1.165, 1.54) is 20.5 Å². The van der Waals surface area contributed by atoms with Crippen LogP contribution >= 0.6 is 11.3 Å². The Morgan fingerprint density at radius 3 is 2.47 bits per heavy atom. The highest BCUT2D eigenvalue weighted by molar-refractivity contribution is 7.19. The van der Waals surface area contributed by atoms with E-state index in [1.807, 2.05) is 11.3 Å². The molecule has 0 aliphatic carbocycles. The minimum atomic E-state index is 0.542. The van der Waals surface area contributed by atoms with Crippen LogP contribution in [-0.4, -0.2) is 6.04 Å². The molecule has 2 rings (SSSR count). The van der Waals surface area contributed by atoms with E-state index in [1.54, 1.807) is 0 Å². The van der Waals surface area contributed by atoms with Crippen molar-refractivity contribution in [2.45, 2.75) is 46.2 Å². The van der Waals surface area contributed by atoms with Crippen LogP contribution in [0, 0.1) is 0 Å². The lowest BCUT2D eigenvalue weighted by Gasteiger charge is -2.11. The highest BCUT2D eigenvalue weighted by Crippen LogP contribution is 2.35. The normalized spacial score (nSPS) is 11.9. The standard InChI is InChI=1S/C15H21NS/c1-10(2)15-12-7-5-6-8-13(12)17-14(15)9-16-11(3)4/h5-8,10-11,16H,9H2,1-4H3. The van der Waals surface area contributed by atoms with E-state index in [0.29, 0.717) is 12.0 Å². The second-order valence-corrected chi connectivity index (χ2v) is 6.26. The van der Waals surface area contributed by atoms with Crippen LogP contribution in [0.5, 0.6) is 0 Å². The van der Waals surface area contributed by atoms with Crippen molar-refractivity contribution in [3.63, 3.8) is 0 Å². The molecule has 1 aromatic carbocycles. The molecule has 1 N–H and O–H groups in total. The summed E-state index contributed by atoms with van der Waals surface area (Å²) in [6.45, 7) is 9.95. The minimum absolute atomic E-state index is 0.542. The second-order valence-electron chi connectivity index (χ2n) is 5.13. The van der Waals surface area contributed by atoms with Crippen molar-refractivity contribution in [1.82, 2.24) is 5.32 Å². The number of nitrogens with one attached hydrogen (secondary N) is 1. The Morgan fingerprint density at radius 1 is 1.12 bits per heavy atom. The molecule has 1 nitrogen and oxygen atoms in total. The first-order valence-corrected chi connectivity index (χ1v) is 7.15. The van der Waals surface area contributed by atoms with Gasteiger partial charge in [0.05, 0.1) is 0 Å². The van der Waals surface area contributed by atoms with Crippen molar-refractivity contribution in [2.24, 2.45) is 0 Å². The maximum atomic E-state index is 3.53. The van der Waals surface area contributed by atoms with Gasteiger partial charge in [-0.15, -0.1) is 11.3 Å². The average Bonchev–Trinajstić information content (AvgIpc) is 2.64. The van der Waals surface area contributed by atoms with E-state index in [2.05, 4.69) is 57.3 Å². The van der Waals surface area contributed by atoms with Gasteiger partial charge >= 0.3 is 0 Å². The second kappa shape index (κ2) is 5.19. The lowest BCUT2D eigenvalue weighted by molar-refractivity contribution is 0.590. The van der Waals surface area contributed by atoms with Crippen LogP contribution in [0.15, 0.2) is 24.3 Å². The molecule has 92 valence electrons. The summed E-state index contributed by atoms with van der Waals surface area (Å²) in [7, 11) is 0. The zero-order valence-electron chi connectivity index (χ0n) is 11.1. The van der Waals surface area contributed by atoms with Gasteiger partial charge < -0.3 is 5.32 Å². The fraction of sp³-hybridized carbons (Fsp3) is 0.467. The molecule has 0 amide bonds. The molecule has 0 unspecified atom stereocenters. The summed E-state index contributed by atoms with van der Waals surface area (Å²) in [4.78, 5) is 1.50. The van der Waals surface area contributed by atoms with Crippen LogP contribution in [0.25, 0.3) is 10.1 Å². The Morgan fingerprint density at radius 2 is 1.82 bits per heavy atom. The summed E-state index contributed by atoms with van der Waals surface area (Å²) in [6, 6.07) is 9.29. The molecular formula is C15H21NS.